The average molecular weight is 327 g/mol. The predicted octanol–water partition coefficient (Wildman–Crippen LogP) is 3.13. The summed E-state index contributed by atoms with van der Waals surface area (Å²) in [6, 6.07) is 7.68. The summed E-state index contributed by atoms with van der Waals surface area (Å²) in [5.74, 6) is 1.25. The molecule has 3 aliphatic rings. The number of ketones is 1. The van der Waals surface area contributed by atoms with Crippen LogP contribution in [0.2, 0.25) is 0 Å². The van der Waals surface area contributed by atoms with Crippen LogP contribution >= 0.6 is 0 Å². The first kappa shape index (κ1) is 15.7. The van der Waals surface area contributed by atoms with Crippen LogP contribution in [-0.4, -0.2) is 35.8 Å². The minimum absolute atomic E-state index is 0.139. The molecule has 1 saturated carbocycles. The van der Waals surface area contributed by atoms with Crippen molar-refractivity contribution in [3.05, 3.63) is 29.8 Å². The van der Waals surface area contributed by atoms with Gasteiger partial charge in [0.05, 0.1) is 13.2 Å². The number of methoxy groups -OCH3 is 1. The highest BCUT2D eigenvalue weighted by Gasteiger charge is 2.52. The molecule has 0 N–H and O–H groups in total. The number of carbonyl (C=O) groups is 2. The zero-order chi connectivity index (χ0) is 16.7. The van der Waals surface area contributed by atoms with Crippen LogP contribution in [0.15, 0.2) is 24.3 Å². The molecule has 1 aromatic carbocycles. The van der Waals surface area contributed by atoms with Gasteiger partial charge in [-0.3, -0.25) is 9.59 Å². The van der Waals surface area contributed by atoms with Crippen LogP contribution in [-0.2, 0) is 16.0 Å². The molecule has 4 nitrogen and oxygen atoms in total. The number of carbonyl (C=O) groups excluding carboxylic acids is 2. The van der Waals surface area contributed by atoms with Gasteiger partial charge in [-0.25, -0.2) is 0 Å². The molecule has 2 aliphatic heterocycles. The fourth-order valence-corrected chi connectivity index (χ4v) is 5.11. The summed E-state index contributed by atoms with van der Waals surface area (Å²) in [5, 5.41) is 0. The quantitative estimate of drug-likeness (QED) is 0.857. The van der Waals surface area contributed by atoms with E-state index in [1.807, 2.05) is 29.2 Å². The van der Waals surface area contributed by atoms with Crippen molar-refractivity contribution >= 4 is 11.7 Å². The summed E-state index contributed by atoms with van der Waals surface area (Å²) in [4.78, 5) is 27.4. The van der Waals surface area contributed by atoms with Crippen LogP contribution < -0.4 is 4.74 Å². The highest BCUT2D eigenvalue weighted by Crippen LogP contribution is 2.50. The number of benzene rings is 1. The van der Waals surface area contributed by atoms with E-state index >= 15 is 0 Å². The van der Waals surface area contributed by atoms with Crippen molar-refractivity contribution < 1.29 is 14.3 Å². The summed E-state index contributed by atoms with van der Waals surface area (Å²) < 4.78 is 5.19. The Hall–Kier alpha value is -1.84. The zero-order valence-electron chi connectivity index (χ0n) is 14.3. The van der Waals surface area contributed by atoms with E-state index in [4.69, 9.17) is 4.74 Å². The van der Waals surface area contributed by atoms with Gasteiger partial charge in [-0.15, -0.1) is 0 Å². The number of amides is 1. The fourth-order valence-electron chi connectivity index (χ4n) is 5.11. The first-order chi connectivity index (χ1) is 11.6. The highest BCUT2D eigenvalue weighted by molar-refractivity contribution is 5.94. The molecule has 1 aromatic rings. The van der Waals surface area contributed by atoms with E-state index in [0.717, 1.165) is 17.7 Å². The third-order valence-electron chi connectivity index (χ3n) is 6.27. The Morgan fingerprint density at radius 3 is 2.54 bits per heavy atom. The van der Waals surface area contributed by atoms with Crippen molar-refractivity contribution in [1.29, 1.82) is 0 Å². The lowest BCUT2D eigenvalue weighted by atomic mass is 9.73. The van der Waals surface area contributed by atoms with Gasteiger partial charge in [0.25, 0.3) is 0 Å². The molecule has 0 bridgehead atoms. The predicted molar refractivity (Wildman–Crippen MR) is 90.9 cm³/mol. The Bertz CT molecular complexity index is 645. The normalized spacial score (nSPS) is 28.5. The largest absolute Gasteiger partial charge is 0.497 e. The Balaban J connectivity index is 1.52. The molecule has 2 saturated heterocycles. The number of hydrogen-bond acceptors (Lipinski definition) is 3. The number of fused-ring (bicyclic) bond motifs is 1. The minimum atomic E-state index is -0.269. The lowest BCUT2D eigenvalue weighted by molar-refractivity contribution is -0.143. The molecule has 1 aliphatic carbocycles. The topological polar surface area (TPSA) is 46.6 Å². The van der Waals surface area contributed by atoms with Gasteiger partial charge in [-0.05, 0) is 48.8 Å². The van der Waals surface area contributed by atoms with Gasteiger partial charge < -0.3 is 9.64 Å². The van der Waals surface area contributed by atoms with E-state index in [1.54, 1.807) is 7.11 Å². The lowest BCUT2D eigenvalue weighted by Crippen LogP contribution is -2.50. The molecule has 4 heteroatoms. The molecular weight excluding hydrogens is 302 g/mol. The summed E-state index contributed by atoms with van der Waals surface area (Å²) in [6.45, 7) is 0. The van der Waals surface area contributed by atoms with Crippen molar-refractivity contribution in [2.24, 2.45) is 5.41 Å². The summed E-state index contributed by atoms with van der Waals surface area (Å²) >= 11 is 0. The second-order valence-electron chi connectivity index (χ2n) is 7.78. The molecular formula is C20H25NO3. The zero-order valence-corrected chi connectivity index (χ0v) is 14.3. The Kier molecular flexibility index (Phi) is 3.86. The summed E-state index contributed by atoms with van der Waals surface area (Å²) in [7, 11) is 1.64. The van der Waals surface area contributed by atoms with Crippen molar-refractivity contribution in [3.8, 4) is 5.75 Å². The molecule has 2 unspecified atom stereocenters. The van der Waals surface area contributed by atoms with Crippen molar-refractivity contribution in [1.82, 2.24) is 4.90 Å². The molecule has 1 amide bonds. The van der Waals surface area contributed by atoms with E-state index in [1.165, 1.54) is 25.7 Å². The summed E-state index contributed by atoms with van der Waals surface area (Å²) in [5.41, 5.74) is 1.29. The van der Waals surface area contributed by atoms with Gasteiger partial charge in [0.1, 0.15) is 5.75 Å². The first-order valence-electron chi connectivity index (χ1n) is 9.07. The van der Waals surface area contributed by atoms with E-state index < -0.39 is 0 Å². The minimum Gasteiger partial charge on any atom is -0.497 e. The number of ether oxygens (including phenoxy) is 1. The van der Waals surface area contributed by atoms with Crippen LogP contribution in [0.1, 0.15) is 50.5 Å². The second kappa shape index (κ2) is 5.91. The highest BCUT2D eigenvalue weighted by atomic mass is 16.5. The van der Waals surface area contributed by atoms with Crippen molar-refractivity contribution in [3.63, 3.8) is 0 Å². The van der Waals surface area contributed by atoms with Crippen LogP contribution in [0.4, 0.5) is 0 Å². The maximum absolute atomic E-state index is 12.8. The number of hydrogen-bond donors (Lipinski definition) is 0. The first-order valence-corrected chi connectivity index (χ1v) is 9.07. The van der Waals surface area contributed by atoms with Gasteiger partial charge in [-0.1, -0.05) is 25.0 Å². The third-order valence-corrected chi connectivity index (χ3v) is 6.27. The number of Topliss-reactive ketones (excluding diaryl/α,β-unsaturated/α-hetero) is 1. The van der Waals surface area contributed by atoms with E-state index in [2.05, 4.69) is 0 Å². The van der Waals surface area contributed by atoms with Gasteiger partial charge in [0, 0.05) is 18.9 Å². The van der Waals surface area contributed by atoms with Crippen LogP contribution in [0.3, 0.4) is 0 Å². The van der Waals surface area contributed by atoms with E-state index in [-0.39, 0.29) is 29.2 Å². The van der Waals surface area contributed by atoms with Gasteiger partial charge in [0.2, 0.25) is 5.91 Å². The molecule has 128 valence electrons. The maximum Gasteiger partial charge on any atom is 0.224 e. The molecule has 3 fully saturated rings. The second-order valence-corrected chi connectivity index (χ2v) is 7.78. The number of rotatable bonds is 3. The molecule has 4 rings (SSSR count). The van der Waals surface area contributed by atoms with Gasteiger partial charge in [0.15, 0.2) is 5.78 Å². The van der Waals surface area contributed by atoms with E-state index in [0.29, 0.717) is 19.3 Å². The van der Waals surface area contributed by atoms with Gasteiger partial charge in [-0.2, -0.15) is 0 Å². The maximum atomic E-state index is 12.8. The average Bonchev–Trinajstić information content (AvgIpc) is 3.13. The third kappa shape index (κ3) is 2.62. The molecule has 24 heavy (non-hydrogen) atoms. The Labute approximate surface area is 143 Å². The smallest absolute Gasteiger partial charge is 0.224 e. The number of piperidine rings is 1. The Morgan fingerprint density at radius 2 is 1.88 bits per heavy atom. The van der Waals surface area contributed by atoms with Crippen LogP contribution in [0.25, 0.3) is 0 Å². The van der Waals surface area contributed by atoms with Crippen LogP contribution in [0.5, 0.6) is 5.75 Å². The van der Waals surface area contributed by atoms with Crippen LogP contribution in [0, 0.1) is 5.41 Å². The lowest BCUT2D eigenvalue weighted by Gasteiger charge is -2.43. The van der Waals surface area contributed by atoms with Gasteiger partial charge >= 0.3 is 0 Å². The molecule has 2 atom stereocenters. The SMILES string of the molecule is COc1ccc(CC2C(=O)CC3CC4(CCCC4)CC(=O)N32)cc1. The molecule has 0 aromatic heterocycles. The van der Waals surface area contributed by atoms with E-state index in [9.17, 15) is 9.59 Å². The molecule has 1 spiro atoms. The summed E-state index contributed by atoms with van der Waals surface area (Å²) in [6.07, 6.45) is 7.67. The van der Waals surface area contributed by atoms with Crippen molar-refractivity contribution in [2.45, 2.75) is 63.5 Å². The Morgan fingerprint density at radius 1 is 1.17 bits per heavy atom. The monoisotopic (exact) mass is 327 g/mol. The number of nitrogens with zero attached hydrogens (tertiary/aromatic N) is 1. The molecule has 0 radical (unpaired) electrons. The standard InChI is InChI=1S/C20H25NO3/c1-24-16-6-4-14(5-7-16)10-17-18(22)11-15-12-20(8-2-3-9-20)13-19(23)21(15)17/h4-7,15,17H,2-3,8-13H2,1H3. The fraction of sp³-hybridized carbons (Fsp3) is 0.600. The van der Waals surface area contributed by atoms with Crippen molar-refractivity contribution in [2.75, 3.05) is 7.11 Å². The molecule has 2 heterocycles.